The van der Waals surface area contributed by atoms with Gasteiger partial charge in [0.1, 0.15) is 0 Å². The second kappa shape index (κ2) is 10.3. The maximum absolute atomic E-state index is 2.33. The van der Waals surface area contributed by atoms with E-state index in [-0.39, 0.29) is 0 Å². The molecule has 21 heavy (non-hydrogen) atoms. The zero-order valence-electron chi connectivity index (χ0n) is 14.7. The number of hydrogen-bond acceptors (Lipinski definition) is 1. The van der Waals surface area contributed by atoms with Crippen molar-refractivity contribution >= 4 is 11.8 Å². The minimum Gasteiger partial charge on any atom is -0.165 e. The second-order valence-corrected chi connectivity index (χ2v) is 8.01. The lowest BCUT2D eigenvalue weighted by Crippen LogP contribution is -1.98. The number of rotatable bonds is 5. The molecule has 0 heterocycles. The Morgan fingerprint density at radius 2 is 1.57 bits per heavy atom. The molecule has 0 atom stereocenters. The highest BCUT2D eigenvalue weighted by Gasteiger charge is 2.15. The Balaban J connectivity index is 0.000000315. The van der Waals surface area contributed by atoms with E-state index in [0.717, 1.165) is 11.8 Å². The van der Waals surface area contributed by atoms with Gasteiger partial charge in [0.15, 0.2) is 0 Å². The molecule has 1 aromatic carbocycles. The molecule has 1 heteroatoms. The van der Waals surface area contributed by atoms with Crippen LogP contribution in [0.4, 0.5) is 0 Å². The molecule has 0 nitrogen and oxygen atoms in total. The molecule has 0 spiro atoms. The zero-order chi connectivity index (χ0) is 15.7. The molecule has 1 aromatic rings. The number of hydrogen-bond donors (Lipinski definition) is 0. The van der Waals surface area contributed by atoms with E-state index in [1.54, 1.807) is 0 Å². The summed E-state index contributed by atoms with van der Waals surface area (Å²) < 4.78 is 0. The molecule has 0 radical (unpaired) electrons. The van der Waals surface area contributed by atoms with E-state index in [1.165, 1.54) is 49.0 Å². The molecular formula is C20H34S. The maximum Gasteiger partial charge on any atom is -0.00472 e. The molecule has 0 amide bonds. The Kier molecular flexibility index (Phi) is 9.15. The SMILES string of the molecule is CC(C)c1ccc(CC2CCCC2)cc1.CSCC(C)C. The summed E-state index contributed by atoms with van der Waals surface area (Å²) in [6, 6.07) is 9.26. The van der Waals surface area contributed by atoms with Gasteiger partial charge in [-0.15, -0.1) is 0 Å². The molecule has 0 aromatic heterocycles. The smallest absolute Gasteiger partial charge is 0.00472 e. The number of thioether (sulfide) groups is 1. The lowest BCUT2D eigenvalue weighted by Gasteiger charge is -2.10. The van der Waals surface area contributed by atoms with Crippen LogP contribution in [0, 0.1) is 11.8 Å². The minimum atomic E-state index is 0.658. The summed E-state index contributed by atoms with van der Waals surface area (Å²) in [5.41, 5.74) is 3.00. The third-order valence-electron chi connectivity index (χ3n) is 4.15. The van der Waals surface area contributed by atoms with Crippen molar-refractivity contribution in [3.8, 4) is 0 Å². The van der Waals surface area contributed by atoms with Crippen LogP contribution >= 0.6 is 11.8 Å². The quantitative estimate of drug-likeness (QED) is 0.594. The standard InChI is InChI=1S/C15H22.C5H12S/c1-12(2)15-9-7-14(8-10-15)11-13-5-3-4-6-13;1-5(2)4-6-3/h7-10,12-13H,3-6,11H2,1-2H3;5H,4H2,1-3H3. The average molecular weight is 307 g/mol. The van der Waals surface area contributed by atoms with Crippen molar-refractivity contribution < 1.29 is 0 Å². The lowest BCUT2D eigenvalue weighted by atomic mass is 9.95. The predicted octanol–water partition coefficient (Wildman–Crippen LogP) is 6.55. The second-order valence-electron chi connectivity index (χ2n) is 7.10. The molecule has 2 rings (SSSR count). The van der Waals surface area contributed by atoms with Crippen LogP contribution in [0.1, 0.15) is 70.4 Å². The molecule has 0 N–H and O–H groups in total. The predicted molar refractivity (Wildman–Crippen MR) is 99.4 cm³/mol. The molecule has 1 fully saturated rings. The van der Waals surface area contributed by atoms with Crippen LogP contribution in [-0.2, 0) is 6.42 Å². The Morgan fingerprint density at radius 1 is 1.00 bits per heavy atom. The molecule has 120 valence electrons. The molecule has 0 bridgehead atoms. The lowest BCUT2D eigenvalue weighted by molar-refractivity contribution is 0.546. The fourth-order valence-electron chi connectivity index (χ4n) is 2.92. The summed E-state index contributed by atoms with van der Waals surface area (Å²) in [5.74, 6) is 3.78. The summed E-state index contributed by atoms with van der Waals surface area (Å²) in [6.07, 6.45) is 9.25. The van der Waals surface area contributed by atoms with Crippen molar-refractivity contribution in [2.24, 2.45) is 11.8 Å². The van der Waals surface area contributed by atoms with Gasteiger partial charge in [-0.3, -0.25) is 0 Å². The van der Waals surface area contributed by atoms with Gasteiger partial charge < -0.3 is 0 Å². The summed E-state index contributed by atoms with van der Waals surface area (Å²) >= 11 is 1.91. The molecule has 1 saturated carbocycles. The van der Waals surface area contributed by atoms with E-state index < -0.39 is 0 Å². The van der Waals surface area contributed by atoms with Gasteiger partial charge in [0.25, 0.3) is 0 Å². The highest BCUT2D eigenvalue weighted by atomic mass is 32.2. The first kappa shape index (κ1) is 18.6. The van der Waals surface area contributed by atoms with E-state index in [9.17, 15) is 0 Å². The first-order chi connectivity index (χ1) is 10.0. The van der Waals surface area contributed by atoms with Gasteiger partial charge in [0.2, 0.25) is 0 Å². The Bertz CT molecular complexity index is 358. The van der Waals surface area contributed by atoms with Crippen LogP contribution in [0.2, 0.25) is 0 Å². The van der Waals surface area contributed by atoms with Crippen molar-refractivity contribution in [2.75, 3.05) is 12.0 Å². The van der Waals surface area contributed by atoms with Crippen LogP contribution in [0.3, 0.4) is 0 Å². The van der Waals surface area contributed by atoms with Crippen molar-refractivity contribution in [2.45, 2.75) is 65.7 Å². The van der Waals surface area contributed by atoms with Crippen molar-refractivity contribution in [3.63, 3.8) is 0 Å². The van der Waals surface area contributed by atoms with E-state index in [2.05, 4.69) is 58.2 Å². The van der Waals surface area contributed by atoms with Gasteiger partial charge in [0, 0.05) is 0 Å². The Labute approximate surface area is 137 Å². The molecule has 0 saturated heterocycles. The highest BCUT2D eigenvalue weighted by Crippen LogP contribution is 2.28. The first-order valence-electron chi connectivity index (χ1n) is 8.60. The molecule has 1 aliphatic rings. The maximum atomic E-state index is 2.33. The van der Waals surface area contributed by atoms with E-state index in [4.69, 9.17) is 0 Å². The van der Waals surface area contributed by atoms with Gasteiger partial charge >= 0.3 is 0 Å². The summed E-state index contributed by atoms with van der Waals surface area (Å²) in [7, 11) is 0. The van der Waals surface area contributed by atoms with Crippen LogP contribution in [0.25, 0.3) is 0 Å². The number of benzene rings is 1. The Morgan fingerprint density at radius 3 is 1.95 bits per heavy atom. The van der Waals surface area contributed by atoms with E-state index in [1.807, 2.05) is 11.8 Å². The van der Waals surface area contributed by atoms with Gasteiger partial charge in [0.05, 0.1) is 0 Å². The topological polar surface area (TPSA) is 0 Å². The highest BCUT2D eigenvalue weighted by molar-refractivity contribution is 7.98. The molecule has 0 aliphatic heterocycles. The zero-order valence-corrected chi connectivity index (χ0v) is 15.5. The largest absolute Gasteiger partial charge is 0.165 e. The minimum absolute atomic E-state index is 0.658. The van der Waals surface area contributed by atoms with E-state index >= 15 is 0 Å². The van der Waals surface area contributed by atoms with Crippen LogP contribution in [0.15, 0.2) is 24.3 Å². The Hall–Kier alpha value is -0.430. The van der Waals surface area contributed by atoms with Crippen molar-refractivity contribution in [3.05, 3.63) is 35.4 Å². The van der Waals surface area contributed by atoms with Gasteiger partial charge in [-0.25, -0.2) is 0 Å². The molecule has 0 unspecified atom stereocenters. The van der Waals surface area contributed by atoms with Crippen LogP contribution in [0.5, 0.6) is 0 Å². The van der Waals surface area contributed by atoms with Gasteiger partial charge in [-0.1, -0.05) is 77.6 Å². The van der Waals surface area contributed by atoms with Gasteiger partial charge in [-0.2, -0.15) is 11.8 Å². The fraction of sp³-hybridized carbons (Fsp3) is 0.700. The third-order valence-corrected chi connectivity index (χ3v) is 5.15. The fourth-order valence-corrected chi connectivity index (χ4v) is 3.59. The van der Waals surface area contributed by atoms with Crippen LogP contribution in [-0.4, -0.2) is 12.0 Å². The summed E-state index contributed by atoms with van der Waals surface area (Å²) in [5, 5.41) is 0. The average Bonchev–Trinajstić information content (AvgIpc) is 2.93. The normalized spacial score (nSPS) is 15.4. The first-order valence-corrected chi connectivity index (χ1v) is 10.00. The monoisotopic (exact) mass is 306 g/mol. The molecular weight excluding hydrogens is 272 g/mol. The van der Waals surface area contributed by atoms with Crippen molar-refractivity contribution in [1.82, 2.24) is 0 Å². The van der Waals surface area contributed by atoms with Crippen LogP contribution < -0.4 is 0 Å². The summed E-state index contributed by atoms with van der Waals surface area (Å²) in [4.78, 5) is 0. The third kappa shape index (κ3) is 7.95. The van der Waals surface area contributed by atoms with E-state index in [0.29, 0.717) is 5.92 Å². The molecule has 1 aliphatic carbocycles. The van der Waals surface area contributed by atoms with Gasteiger partial charge in [-0.05, 0) is 47.3 Å². The summed E-state index contributed by atoms with van der Waals surface area (Å²) in [6.45, 7) is 8.98. The van der Waals surface area contributed by atoms with Crippen molar-refractivity contribution in [1.29, 1.82) is 0 Å².